The van der Waals surface area contributed by atoms with Crippen LogP contribution in [0.4, 0.5) is 22.0 Å². The summed E-state index contributed by atoms with van der Waals surface area (Å²) in [6, 6.07) is 0. The molecule has 0 bridgehead atoms. The number of esters is 1. The third-order valence-corrected chi connectivity index (χ3v) is 4.41. The zero-order valence-corrected chi connectivity index (χ0v) is 16.6. The van der Waals surface area contributed by atoms with Gasteiger partial charge in [0.25, 0.3) is 0 Å². The van der Waals surface area contributed by atoms with E-state index in [1.165, 1.54) is 0 Å². The van der Waals surface area contributed by atoms with Crippen LogP contribution in [0, 0.1) is 0 Å². The number of ether oxygens (including phenoxy) is 1. The van der Waals surface area contributed by atoms with Crippen molar-refractivity contribution in [1.29, 1.82) is 0 Å². The van der Waals surface area contributed by atoms with E-state index in [2.05, 4.69) is 18.6 Å². The van der Waals surface area contributed by atoms with E-state index in [-0.39, 0.29) is 6.54 Å². The molecule has 3 nitrogen and oxygen atoms in total. The Bertz CT molecular complexity index is 375. The summed E-state index contributed by atoms with van der Waals surface area (Å²) in [6.07, 6.45) is 4.84. The van der Waals surface area contributed by atoms with Crippen LogP contribution in [0.5, 0.6) is 0 Å². The molecule has 0 N–H and O–H groups in total. The van der Waals surface area contributed by atoms with E-state index in [0.717, 1.165) is 77.3 Å². The normalized spacial score (nSPS) is 12.6. The van der Waals surface area contributed by atoms with Gasteiger partial charge in [0.2, 0.25) is 0 Å². The van der Waals surface area contributed by atoms with Gasteiger partial charge in [0.05, 0.1) is 0 Å². The van der Waals surface area contributed by atoms with Crippen molar-refractivity contribution in [2.45, 2.75) is 90.2 Å². The summed E-state index contributed by atoms with van der Waals surface area (Å²) in [7, 11) is 0. The molecule has 0 aliphatic rings. The van der Waals surface area contributed by atoms with Gasteiger partial charge in [-0.2, -0.15) is 22.0 Å². The minimum absolute atomic E-state index is 0.168. The number of rotatable bonds is 16. The Morgan fingerprint density at radius 3 is 1.59 bits per heavy atom. The van der Waals surface area contributed by atoms with Gasteiger partial charge in [-0.3, -0.25) is 4.90 Å². The van der Waals surface area contributed by atoms with Crippen LogP contribution >= 0.6 is 0 Å². The van der Waals surface area contributed by atoms with E-state index in [0.29, 0.717) is 0 Å². The van der Waals surface area contributed by atoms with Crippen LogP contribution in [0.1, 0.15) is 78.1 Å². The van der Waals surface area contributed by atoms with Crippen LogP contribution in [0.3, 0.4) is 0 Å². The molecule has 0 atom stereocenters. The number of unbranched alkanes of at least 4 members (excludes halogenated alkanes) is 8. The Labute approximate surface area is 159 Å². The van der Waals surface area contributed by atoms with E-state index in [4.69, 9.17) is 0 Å². The minimum Gasteiger partial charge on any atom is -0.460 e. The number of halogens is 5. The van der Waals surface area contributed by atoms with Crippen molar-refractivity contribution in [2.24, 2.45) is 0 Å². The van der Waals surface area contributed by atoms with Gasteiger partial charge in [0.1, 0.15) is 6.61 Å². The summed E-state index contributed by atoms with van der Waals surface area (Å²) >= 11 is 0. The average Bonchev–Trinajstić information content (AvgIpc) is 2.59. The number of carbonyl (C=O) groups excluding carboxylic acids is 1. The number of carbonyl (C=O) groups is 1. The van der Waals surface area contributed by atoms with Gasteiger partial charge >= 0.3 is 18.1 Å². The molecule has 0 aromatic heterocycles. The second-order valence-corrected chi connectivity index (χ2v) is 6.88. The molecule has 0 unspecified atom stereocenters. The molecule has 0 fully saturated rings. The first kappa shape index (κ1) is 26.1. The average molecular weight is 403 g/mol. The fourth-order valence-corrected chi connectivity index (χ4v) is 2.69. The molecule has 0 amide bonds. The molecule has 0 aromatic carbocycles. The van der Waals surface area contributed by atoms with E-state index in [1.807, 2.05) is 4.90 Å². The highest BCUT2D eigenvalue weighted by atomic mass is 19.4. The maximum absolute atomic E-state index is 12.9. The molecule has 0 aliphatic carbocycles. The summed E-state index contributed by atoms with van der Waals surface area (Å²) in [5.41, 5.74) is 0. The summed E-state index contributed by atoms with van der Waals surface area (Å²) in [6.45, 7) is 5.40. The van der Waals surface area contributed by atoms with Crippen LogP contribution in [0.2, 0.25) is 0 Å². The van der Waals surface area contributed by atoms with Crippen molar-refractivity contribution in [1.82, 2.24) is 4.90 Å². The first-order valence-electron chi connectivity index (χ1n) is 10.0. The highest BCUT2D eigenvalue weighted by Crippen LogP contribution is 2.36. The van der Waals surface area contributed by atoms with E-state index < -0.39 is 24.7 Å². The largest absolute Gasteiger partial charge is 0.465 e. The van der Waals surface area contributed by atoms with Gasteiger partial charge in [0, 0.05) is 6.54 Å². The van der Waals surface area contributed by atoms with Crippen molar-refractivity contribution in [3.8, 4) is 0 Å². The lowest BCUT2D eigenvalue weighted by Gasteiger charge is -2.23. The zero-order valence-electron chi connectivity index (χ0n) is 16.6. The molecule has 162 valence electrons. The molecule has 8 heteroatoms. The van der Waals surface area contributed by atoms with Crippen LogP contribution < -0.4 is 0 Å². The minimum atomic E-state index is -5.93. The monoisotopic (exact) mass is 403 g/mol. The maximum atomic E-state index is 12.9. The quantitative estimate of drug-likeness (QED) is 0.181. The predicted octanol–water partition coefficient (Wildman–Crippen LogP) is 5.97. The van der Waals surface area contributed by atoms with Gasteiger partial charge in [0.15, 0.2) is 0 Å². The second-order valence-electron chi connectivity index (χ2n) is 6.88. The number of nitrogens with zero attached hydrogens (tertiary/aromatic N) is 1. The van der Waals surface area contributed by atoms with Crippen molar-refractivity contribution >= 4 is 5.97 Å². The van der Waals surface area contributed by atoms with Crippen LogP contribution in [-0.2, 0) is 9.53 Å². The molecule has 0 aliphatic heterocycles. The van der Waals surface area contributed by atoms with Crippen molar-refractivity contribution < 1.29 is 31.5 Å². The molecule has 0 saturated carbocycles. The lowest BCUT2D eigenvalue weighted by molar-refractivity contribution is -0.280. The lowest BCUT2D eigenvalue weighted by atomic mass is 10.1. The van der Waals surface area contributed by atoms with Crippen LogP contribution in [0.15, 0.2) is 0 Å². The predicted molar refractivity (Wildman–Crippen MR) is 95.9 cm³/mol. The molecular formula is C19H34F5NO2. The fourth-order valence-electron chi connectivity index (χ4n) is 2.69. The summed E-state index contributed by atoms with van der Waals surface area (Å²) < 4.78 is 66.4. The van der Waals surface area contributed by atoms with Crippen molar-refractivity contribution in [3.63, 3.8) is 0 Å². The Morgan fingerprint density at radius 1 is 0.741 bits per heavy atom. The van der Waals surface area contributed by atoms with Crippen molar-refractivity contribution in [2.75, 3.05) is 26.2 Å². The van der Waals surface area contributed by atoms with Crippen LogP contribution in [0.25, 0.3) is 0 Å². The van der Waals surface area contributed by atoms with E-state index in [9.17, 15) is 26.7 Å². The summed E-state index contributed by atoms with van der Waals surface area (Å²) in [5, 5.41) is 0. The SMILES string of the molecule is CCCCCCCN(CCCCCCC)CCOC(=O)C(F)(F)C(F)(F)F. The molecule has 0 heterocycles. The van der Waals surface area contributed by atoms with Crippen LogP contribution in [-0.4, -0.2) is 49.2 Å². The second kappa shape index (κ2) is 14.1. The third kappa shape index (κ3) is 11.5. The summed E-state index contributed by atoms with van der Waals surface area (Å²) in [5.74, 6) is -7.99. The molecule has 0 rings (SSSR count). The first-order valence-corrected chi connectivity index (χ1v) is 10.0. The fraction of sp³-hybridized carbons (Fsp3) is 0.947. The molecule has 0 spiro atoms. The topological polar surface area (TPSA) is 29.5 Å². The van der Waals surface area contributed by atoms with Gasteiger partial charge in [-0.1, -0.05) is 65.2 Å². The lowest BCUT2D eigenvalue weighted by Crippen LogP contribution is -2.45. The highest BCUT2D eigenvalue weighted by molar-refractivity contribution is 5.78. The van der Waals surface area contributed by atoms with E-state index in [1.54, 1.807) is 0 Å². The number of hydrogen-bond donors (Lipinski definition) is 0. The Balaban J connectivity index is 4.32. The zero-order chi connectivity index (χ0) is 20.8. The number of alkyl halides is 5. The Hall–Kier alpha value is -0.920. The van der Waals surface area contributed by atoms with Gasteiger partial charge in [-0.15, -0.1) is 0 Å². The molecule has 0 radical (unpaired) electrons. The Morgan fingerprint density at radius 2 is 1.19 bits per heavy atom. The molecular weight excluding hydrogens is 369 g/mol. The van der Waals surface area contributed by atoms with E-state index >= 15 is 0 Å². The maximum Gasteiger partial charge on any atom is 0.465 e. The summed E-state index contributed by atoms with van der Waals surface area (Å²) in [4.78, 5) is 13.0. The van der Waals surface area contributed by atoms with Gasteiger partial charge < -0.3 is 4.74 Å². The molecule has 0 aromatic rings. The van der Waals surface area contributed by atoms with Gasteiger partial charge in [-0.05, 0) is 25.9 Å². The number of hydrogen-bond acceptors (Lipinski definition) is 3. The molecule has 0 saturated heterocycles. The molecule has 27 heavy (non-hydrogen) atoms. The standard InChI is InChI=1S/C19H34F5NO2/c1-3-5-7-9-11-13-25(14-12-10-8-6-4-2)15-16-27-17(26)18(20,21)19(22,23)24/h3-16H2,1-2H3. The van der Waals surface area contributed by atoms with Gasteiger partial charge in [-0.25, -0.2) is 4.79 Å². The highest BCUT2D eigenvalue weighted by Gasteiger charge is 2.64. The van der Waals surface area contributed by atoms with Crippen molar-refractivity contribution in [3.05, 3.63) is 0 Å². The smallest absolute Gasteiger partial charge is 0.460 e. The first-order chi connectivity index (χ1) is 12.7. The third-order valence-electron chi connectivity index (χ3n) is 4.41. The Kier molecular flexibility index (Phi) is 13.6.